The van der Waals surface area contributed by atoms with Crippen LogP contribution in [0.1, 0.15) is 48.9 Å². The van der Waals surface area contributed by atoms with E-state index in [0.717, 1.165) is 16.7 Å². The first-order valence-corrected chi connectivity index (χ1v) is 10.9. The SMILES string of the molecule is COC(=O)[C@H](Cc1ccc(C(C)(C)C)cc1)NC(=O)C(c1ccccc1)c1ccccc1. The van der Waals surface area contributed by atoms with E-state index in [1.54, 1.807) is 0 Å². The van der Waals surface area contributed by atoms with Crippen LogP contribution in [0, 0.1) is 0 Å². The molecular formula is C28H31NO3. The van der Waals surface area contributed by atoms with Gasteiger partial charge >= 0.3 is 5.97 Å². The van der Waals surface area contributed by atoms with E-state index in [9.17, 15) is 9.59 Å². The number of esters is 1. The molecule has 1 atom stereocenters. The quantitative estimate of drug-likeness (QED) is 0.537. The topological polar surface area (TPSA) is 55.4 Å². The summed E-state index contributed by atoms with van der Waals surface area (Å²) in [6, 6.07) is 26.6. The summed E-state index contributed by atoms with van der Waals surface area (Å²) in [6.07, 6.45) is 0.360. The molecule has 0 fully saturated rings. The average molecular weight is 430 g/mol. The first kappa shape index (κ1) is 23.3. The first-order valence-electron chi connectivity index (χ1n) is 10.9. The van der Waals surface area contributed by atoms with Gasteiger partial charge in [0.2, 0.25) is 5.91 Å². The Morgan fingerprint density at radius 2 is 1.31 bits per heavy atom. The van der Waals surface area contributed by atoms with E-state index < -0.39 is 17.9 Å². The minimum atomic E-state index is -0.775. The third kappa shape index (κ3) is 5.85. The Kier molecular flexibility index (Phi) is 7.47. The minimum Gasteiger partial charge on any atom is -0.467 e. The van der Waals surface area contributed by atoms with Crippen molar-refractivity contribution in [3.8, 4) is 0 Å². The molecule has 0 heterocycles. The maximum Gasteiger partial charge on any atom is 0.328 e. The highest BCUT2D eigenvalue weighted by Crippen LogP contribution is 2.26. The highest BCUT2D eigenvalue weighted by atomic mass is 16.5. The summed E-state index contributed by atoms with van der Waals surface area (Å²) in [5.41, 5.74) is 3.97. The molecule has 0 radical (unpaired) electrons. The average Bonchev–Trinajstić information content (AvgIpc) is 2.79. The van der Waals surface area contributed by atoms with Crippen molar-refractivity contribution >= 4 is 11.9 Å². The predicted octanol–water partition coefficient (Wildman–Crippen LogP) is 5.02. The molecule has 0 aliphatic carbocycles. The van der Waals surface area contributed by atoms with Crippen molar-refractivity contribution in [3.63, 3.8) is 0 Å². The lowest BCUT2D eigenvalue weighted by Gasteiger charge is -2.23. The smallest absolute Gasteiger partial charge is 0.328 e. The Morgan fingerprint density at radius 3 is 1.75 bits per heavy atom. The summed E-state index contributed by atoms with van der Waals surface area (Å²) in [6.45, 7) is 6.48. The Labute approximate surface area is 190 Å². The van der Waals surface area contributed by atoms with Gasteiger partial charge in [0.05, 0.1) is 13.0 Å². The monoisotopic (exact) mass is 429 g/mol. The van der Waals surface area contributed by atoms with Crippen molar-refractivity contribution in [3.05, 3.63) is 107 Å². The van der Waals surface area contributed by atoms with E-state index in [1.807, 2.05) is 72.8 Å². The molecule has 0 aliphatic heterocycles. The predicted molar refractivity (Wildman–Crippen MR) is 128 cm³/mol. The van der Waals surface area contributed by atoms with Gasteiger partial charge in [-0.1, -0.05) is 106 Å². The Hall–Kier alpha value is -3.40. The van der Waals surface area contributed by atoms with E-state index in [2.05, 4.69) is 38.2 Å². The van der Waals surface area contributed by atoms with Crippen molar-refractivity contribution in [1.29, 1.82) is 0 Å². The highest BCUT2D eigenvalue weighted by molar-refractivity contribution is 5.91. The van der Waals surface area contributed by atoms with Crippen molar-refractivity contribution < 1.29 is 14.3 Å². The van der Waals surface area contributed by atoms with E-state index in [4.69, 9.17) is 4.74 Å². The van der Waals surface area contributed by atoms with Gasteiger partial charge in [0.1, 0.15) is 6.04 Å². The minimum absolute atomic E-state index is 0.0487. The summed E-state index contributed by atoms with van der Waals surface area (Å²) < 4.78 is 5.00. The van der Waals surface area contributed by atoms with Gasteiger partial charge in [0, 0.05) is 6.42 Å². The van der Waals surface area contributed by atoms with Crippen LogP contribution in [0.25, 0.3) is 0 Å². The number of carbonyl (C=O) groups excluding carboxylic acids is 2. The molecule has 4 heteroatoms. The van der Waals surface area contributed by atoms with E-state index in [-0.39, 0.29) is 11.3 Å². The van der Waals surface area contributed by atoms with Crippen molar-refractivity contribution in [2.45, 2.75) is 44.6 Å². The van der Waals surface area contributed by atoms with Crippen LogP contribution >= 0.6 is 0 Å². The number of amides is 1. The van der Waals surface area contributed by atoms with Gasteiger partial charge in [0.25, 0.3) is 0 Å². The molecule has 0 bridgehead atoms. The van der Waals surface area contributed by atoms with Gasteiger partial charge in [-0.05, 0) is 27.7 Å². The molecule has 0 saturated heterocycles. The van der Waals surface area contributed by atoms with E-state index in [1.165, 1.54) is 12.7 Å². The molecule has 32 heavy (non-hydrogen) atoms. The van der Waals surface area contributed by atoms with Gasteiger partial charge in [-0.3, -0.25) is 4.79 Å². The van der Waals surface area contributed by atoms with Crippen LogP contribution < -0.4 is 5.32 Å². The summed E-state index contributed by atoms with van der Waals surface area (Å²) in [7, 11) is 1.34. The molecule has 3 rings (SSSR count). The molecule has 3 aromatic carbocycles. The largest absolute Gasteiger partial charge is 0.467 e. The zero-order valence-electron chi connectivity index (χ0n) is 19.2. The molecule has 0 spiro atoms. The highest BCUT2D eigenvalue weighted by Gasteiger charge is 2.28. The van der Waals surface area contributed by atoms with Gasteiger partial charge in [-0.2, -0.15) is 0 Å². The number of carbonyl (C=O) groups is 2. The fraction of sp³-hybridized carbons (Fsp3) is 0.286. The van der Waals surface area contributed by atoms with Crippen LogP contribution in [0.3, 0.4) is 0 Å². The fourth-order valence-corrected chi connectivity index (χ4v) is 3.75. The molecule has 1 amide bonds. The number of nitrogens with one attached hydrogen (secondary N) is 1. The molecule has 0 unspecified atom stereocenters. The maximum atomic E-state index is 13.4. The molecule has 4 nitrogen and oxygen atoms in total. The molecular weight excluding hydrogens is 398 g/mol. The molecule has 0 aromatic heterocycles. The fourth-order valence-electron chi connectivity index (χ4n) is 3.75. The third-order valence-corrected chi connectivity index (χ3v) is 5.59. The van der Waals surface area contributed by atoms with Crippen LogP contribution in [0.4, 0.5) is 0 Å². The van der Waals surface area contributed by atoms with Crippen LogP contribution in [0.5, 0.6) is 0 Å². The summed E-state index contributed by atoms with van der Waals surface area (Å²) in [4.78, 5) is 26.0. The van der Waals surface area contributed by atoms with Gasteiger partial charge in [-0.15, -0.1) is 0 Å². The number of ether oxygens (including phenoxy) is 1. The van der Waals surface area contributed by atoms with Gasteiger partial charge in [-0.25, -0.2) is 4.79 Å². The lowest BCUT2D eigenvalue weighted by atomic mass is 9.86. The summed E-state index contributed by atoms with van der Waals surface area (Å²) >= 11 is 0. The lowest BCUT2D eigenvalue weighted by Crippen LogP contribution is -2.45. The molecule has 0 saturated carbocycles. The molecule has 166 valence electrons. The summed E-state index contributed by atoms with van der Waals surface area (Å²) in [5.74, 6) is -1.21. The number of hydrogen-bond donors (Lipinski definition) is 1. The summed E-state index contributed by atoms with van der Waals surface area (Å²) in [5, 5.41) is 2.94. The Balaban J connectivity index is 1.85. The van der Waals surface area contributed by atoms with E-state index >= 15 is 0 Å². The maximum absolute atomic E-state index is 13.4. The van der Waals surface area contributed by atoms with Crippen LogP contribution in [0.15, 0.2) is 84.9 Å². The van der Waals surface area contributed by atoms with Gasteiger partial charge < -0.3 is 10.1 Å². The number of hydrogen-bond acceptors (Lipinski definition) is 3. The molecule has 3 aromatic rings. The second-order valence-corrected chi connectivity index (χ2v) is 8.99. The van der Waals surface area contributed by atoms with Gasteiger partial charge in [0.15, 0.2) is 0 Å². The lowest BCUT2D eigenvalue weighted by molar-refractivity contribution is -0.145. The first-order chi connectivity index (χ1) is 15.3. The Bertz CT molecular complexity index is 982. The number of rotatable bonds is 7. The van der Waals surface area contributed by atoms with Crippen molar-refractivity contribution in [2.24, 2.45) is 0 Å². The zero-order valence-corrected chi connectivity index (χ0v) is 19.2. The zero-order chi connectivity index (χ0) is 23.1. The molecule has 0 aliphatic rings. The second kappa shape index (κ2) is 10.3. The van der Waals surface area contributed by atoms with Crippen LogP contribution in [0.2, 0.25) is 0 Å². The second-order valence-electron chi connectivity index (χ2n) is 8.99. The normalized spacial score (nSPS) is 12.3. The van der Waals surface area contributed by atoms with Crippen LogP contribution in [-0.2, 0) is 26.2 Å². The molecule has 1 N–H and O–H groups in total. The third-order valence-electron chi connectivity index (χ3n) is 5.59. The number of benzene rings is 3. The standard InChI is InChI=1S/C28H31NO3/c1-28(2,3)23-17-15-20(16-18-23)19-24(27(31)32-4)29-26(30)25(21-11-7-5-8-12-21)22-13-9-6-10-14-22/h5-18,24-25H,19H2,1-4H3,(H,29,30)/t24-/m0/s1. The van der Waals surface area contributed by atoms with Crippen molar-refractivity contribution in [1.82, 2.24) is 5.32 Å². The van der Waals surface area contributed by atoms with E-state index in [0.29, 0.717) is 6.42 Å². The van der Waals surface area contributed by atoms with Crippen LogP contribution in [-0.4, -0.2) is 25.0 Å². The van der Waals surface area contributed by atoms with Crippen molar-refractivity contribution in [2.75, 3.05) is 7.11 Å². The number of methoxy groups -OCH3 is 1. The Morgan fingerprint density at radius 1 is 0.812 bits per heavy atom.